The third kappa shape index (κ3) is 4.32. The van der Waals surface area contributed by atoms with Gasteiger partial charge in [0.25, 0.3) is 5.91 Å². The van der Waals surface area contributed by atoms with Crippen LogP contribution in [0.3, 0.4) is 0 Å². The van der Waals surface area contributed by atoms with Crippen molar-refractivity contribution in [3.63, 3.8) is 0 Å². The normalized spacial score (nSPS) is 14.5. The highest BCUT2D eigenvalue weighted by Gasteiger charge is 2.32. The molecule has 0 spiro atoms. The number of nitrogens with one attached hydrogen (secondary N) is 1. The van der Waals surface area contributed by atoms with Crippen molar-refractivity contribution < 1.29 is 18.4 Å². The van der Waals surface area contributed by atoms with Gasteiger partial charge in [-0.15, -0.1) is 11.3 Å². The molecule has 8 heteroatoms. The molecular weight excluding hydrogens is 420 g/mol. The minimum Gasteiger partial charge on any atom is -0.288 e. The Labute approximate surface area is 179 Å². The maximum atomic E-state index is 13.4. The van der Waals surface area contributed by atoms with Crippen molar-refractivity contribution >= 4 is 27.3 Å². The summed E-state index contributed by atoms with van der Waals surface area (Å²) >= 11 is 1.22. The van der Waals surface area contributed by atoms with Gasteiger partial charge in [0.1, 0.15) is 0 Å². The third-order valence-electron chi connectivity index (χ3n) is 5.35. The van der Waals surface area contributed by atoms with E-state index in [1.165, 1.54) is 15.6 Å². The maximum Gasteiger partial charge on any atom is 0.284 e. The second-order valence-corrected chi connectivity index (χ2v) is 10.4. The largest absolute Gasteiger partial charge is 0.288 e. The Hall–Kier alpha value is -2.52. The van der Waals surface area contributed by atoms with Crippen molar-refractivity contribution in [1.29, 1.82) is 0 Å². The average molecular weight is 443 g/mol. The van der Waals surface area contributed by atoms with E-state index in [1.807, 2.05) is 60.7 Å². The third-order valence-corrected chi connectivity index (χ3v) is 8.36. The molecule has 0 aliphatic carbocycles. The zero-order chi connectivity index (χ0) is 21.1. The van der Waals surface area contributed by atoms with Gasteiger partial charge >= 0.3 is 0 Å². The molecule has 1 aromatic heterocycles. The first-order chi connectivity index (χ1) is 14.5. The molecule has 1 aliphatic heterocycles. The fourth-order valence-electron chi connectivity index (χ4n) is 3.77. The second kappa shape index (κ2) is 8.69. The number of carbonyl (C=O) groups excluding carboxylic acids is 1. The molecule has 156 valence electrons. The minimum atomic E-state index is -3.55. The minimum absolute atomic E-state index is 0.0221. The Morgan fingerprint density at radius 2 is 1.67 bits per heavy atom. The van der Waals surface area contributed by atoms with E-state index in [4.69, 9.17) is 5.21 Å². The molecule has 3 aromatic rings. The lowest BCUT2D eigenvalue weighted by Crippen LogP contribution is -2.38. The monoisotopic (exact) mass is 442 g/mol. The SMILES string of the molecule is O=C(NO)c1cc2c(s1)CN(S(=O)(=O)CC(c1ccccc1)c1ccccc1)CC2. The number of sulfonamides is 1. The number of hydroxylamine groups is 1. The first-order valence-electron chi connectivity index (χ1n) is 9.61. The number of amides is 1. The molecule has 1 amide bonds. The molecule has 2 heterocycles. The number of rotatable bonds is 6. The molecule has 1 aliphatic rings. The van der Waals surface area contributed by atoms with Crippen LogP contribution in [0.15, 0.2) is 66.7 Å². The summed E-state index contributed by atoms with van der Waals surface area (Å²) < 4.78 is 28.2. The number of benzene rings is 2. The summed E-state index contributed by atoms with van der Waals surface area (Å²) in [4.78, 5) is 12.9. The number of fused-ring (bicyclic) bond motifs is 1. The summed E-state index contributed by atoms with van der Waals surface area (Å²) in [5, 5.41) is 8.85. The van der Waals surface area contributed by atoms with Crippen molar-refractivity contribution in [2.24, 2.45) is 0 Å². The summed E-state index contributed by atoms with van der Waals surface area (Å²) in [6.07, 6.45) is 0.547. The van der Waals surface area contributed by atoms with Gasteiger partial charge < -0.3 is 0 Å². The molecule has 6 nitrogen and oxygen atoms in total. The molecular formula is C22H22N2O4S2. The highest BCUT2D eigenvalue weighted by Crippen LogP contribution is 2.32. The Kier molecular flexibility index (Phi) is 6.01. The van der Waals surface area contributed by atoms with Crippen LogP contribution in [0.25, 0.3) is 0 Å². The van der Waals surface area contributed by atoms with Gasteiger partial charge in [-0.1, -0.05) is 60.7 Å². The van der Waals surface area contributed by atoms with Gasteiger partial charge in [-0.3, -0.25) is 10.0 Å². The Morgan fingerprint density at radius 1 is 1.07 bits per heavy atom. The highest BCUT2D eigenvalue weighted by molar-refractivity contribution is 7.89. The lowest BCUT2D eigenvalue weighted by molar-refractivity contribution is 0.0711. The molecule has 4 rings (SSSR count). The first kappa shape index (κ1) is 20.7. The molecule has 0 unspecified atom stereocenters. The van der Waals surface area contributed by atoms with Gasteiger partial charge in [-0.05, 0) is 29.2 Å². The van der Waals surface area contributed by atoms with Crippen LogP contribution in [0, 0.1) is 0 Å². The summed E-state index contributed by atoms with van der Waals surface area (Å²) in [6, 6.07) is 21.1. The molecule has 0 saturated heterocycles. The fraction of sp³-hybridized carbons (Fsp3) is 0.227. The molecule has 30 heavy (non-hydrogen) atoms. The van der Waals surface area contributed by atoms with E-state index in [0.29, 0.717) is 17.8 Å². The first-order valence-corrected chi connectivity index (χ1v) is 12.0. The van der Waals surface area contributed by atoms with Gasteiger partial charge in [0.2, 0.25) is 10.0 Å². The van der Waals surface area contributed by atoms with E-state index < -0.39 is 15.9 Å². The van der Waals surface area contributed by atoms with Gasteiger partial charge in [0, 0.05) is 23.9 Å². The topological polar surface area (TPSA) is 86.7 Å². The van der Waals surface area contributed by atoms with Crippen LogP contribution in [-0.2, 0) is 23.0 Å². The molecule has 0 saturated carbocycles. The molecule has 0 bridgehead atoms. The second-order valence-electron chi connectivity index (χ2n) is 7.24. The molecule has 0 radical (unpaired) electrons. The quantitative estimate of drug-likeness (QED) is 0.453. The van der Waals surface area contributed by atoms with Crippen molar-refractivity contribution in [3.8, 4) is 0 Å². The fourth-order valence-corrected chi connectivity index (χ4v) is 6.68. The lowest BCUT2D eigenvalue weighted by atomic mass is 9.93. The number of hydrogen-bond donors (Lipinski definition) is 2. The Bertz CT molecular complexity index is 1090. The zero-order valence-corrected chi connectivity index (χ0v) is 17.8. The van der Waals surface area contributed by atoms with Crippen LogP contribution in [0.5, 0.6) is 0 Å². The van der Waals surface area contributed by atoms with Crippen LogP contribution >= 0.6 is 11.3 Å². The highest BCUT2D eigenvalue weighted by atomic mass is 32.2. The van der Waals surface area contributed by atoms with Crippen molar-refractivity contribution in [2.45, 2.75) is 18.9 Å². The van der Waals surface area contributed by atoms with Crippen LogP contribution in [-0.4, -0.2) is 36.1 Å². The molecule has 0 fully saturated rings. The molecule has 0 atom stereocenters. The van der Waals surface area contributed by atoms with Crippen molar-refractivity contribution in [1.82, 2.24) is 9.79 Å². The van der Waals surface area contributed by atoms with E-state index in [-0.39, 0.29) is 18.2 Å². The van der Waals surface area contributed by atoms with Crippen LogP contribution in [0.2, 0.25) is 0 Å². The number of thiophene rings is 1. The van der Waals surface area contributed by atoms with Crippen molar-refractivity contribution in [2.75, 3.05) is 12.3 Å². The summed E-state index contributed by atoms with van der Waals surface area (Å²) in [5.74, 6) is -0.860. The number of carbonyl (C=O) groups is 1. The smallest absolute Gasteiger partial charge is 0.284 e. The van der Waals surface area contributed by atoms with E-state index in [0.717, 1.165) is 21.6 Å². The van der Waals surface area contributed by atoms with Gasteiger partial charge in [0.15, 0.2) is 0 Å². The van der Waals surface area contributed by atoms with Crippen molar-refractivity contribution in [3.05, 3.63) is 93.2 Å². The van der Waals surface area contributed by atoms with Crippen LogP contribution < -0.4 is 5.48 Å². The van der Waals surface area contributed by atoms with Crippen LogP contribution in [0.1, 0.15) is 37.2 Å². The Balaban J connectivity index is 1.59. The number of hydrogen-bond acceptors (Lipinski definition) is 5. The van der Waals surface area contributed by atoms with Gasteiger partial charge in [0.05, 0.1) is 10.6 Å². The van der Waals surface area contributed by atoms with Crippen LogP contribution in [0.4, 0.5) is 0 Å². The predicted octanol–water partition coefficient (Wildman–Crippen LogP) is 3.39. The number of nitrogens with zero attached hydrogens (tertiary/aromatic N) is 1. The lowest BCUT2D eigenvalue weighted by Gasteiger charge is -2.28. The predicted molar refractivity (Wildman–Crippen MR) is 116 cm³/mol. The molecule has 2 aromatic carbocycles. The molecule has 2 N–H and O–H groups in total. The Morgan fingerprint density at radius 3 is 2.23 bits per heavy atom. The van der Waals surface area contributed by atoms with E-state index in [9.17, 15) is 13.2 Å². The standard InChI is InChI=1S/C22H22N2O4S2/c25-22(23-26)20-13-18-11-12-24(14-21(18)29-20)30(27,28)15-19(16-7-3-1-4-8-16)17-9-5-2-6-10-17/h1-10,13,19,26H,11-12,14-15H2,(H,23,25). The van der Waals surface area contributed by atoms with Gasteiger partial charge in [-0.25, -0.2) is 13.9 Å². The van der Waals surface area contributed by atoms with E-state index >= 15 is 0 Å². The van der Waals surface area contributed by atoms with Gasteiger partial charge in [-0.2, -0.15) is 4.31 Å². The maximum absolute atomic E-state index is 13.4. The zero-order valence-electron chi connectivity index (χ0n) is 16.2. The van der Waals surface area contributed by atoms with E-state index in [1.54, 1.807) is 11.5 Å². The summed E-state index contributed by atoms with van der Waals surface area (Å²) in [7, 11) is -3.55. The summed E-state index contributed by atoms with van der Waals surface area (Å²) in [5.41, 5.74) is 4.52. The average Bonchev–Trinajstić information content (AvgIpc) is 3.22. The summed E-state index contributed by atoms with van der Waals surface area (Å²) in [6.45, 7) is 0.625. The van der Waals surface area contributed by atoms with E-state index in [2.05, 4.69) is 0 Å².